The van der Waals surface area contributed by atoms with E-state index in [1.54, 1.807) is 0 Å². The normalized spacial score (nSPS) is 15.9. The molecule has 8 heteroatoms. The van der Waals surface area contributed by atoms with Gasteiger partial charge < -0.3 is 5.32 Å². The molecule has 1 N–H and O–H groups in total. The number of hydrogen-bond acceptors (Lipinski definition) is 4. The van der Waals surface area contributed by atoms with Crippen LogP contribution in [0.25, 0.3) is 0 Å². The molecule has 0 atom stereocenters. The topological polar surface area (TPSA) is 69.7 Å². The number of sulfonamides is 1. The van der Waals surface area contributed by atoms with Gasteiger partial charge in [0.1, 0.15) is 5.82 Å². The lowest BCUT2D eigenvalue weighted by molar-refractivity contribution is -0.122. The molecule has 1 heterocycles. The van der Waals surface area contributed by atoms with Crippen LogP contribution >= 0.6 is 0 Å². The summed E-state index contributed by atoms with van der Waals surface area (Å²) in [5.41, 5.74) is 2.48. The zero-order valence-electron chi connectivity index (χ0n) is 18.1. The second kappa shape index (κ2) is 10.3. The van der Waals surface area contributed by atoms with Gasteiger partial charge in [-0.15, -0.1) is 0 Å². The highest BCUT2D eigenvalue weighted by Crippen LogP contribution is 2.18. The first-order valence-corrected chi connectivity index (χ1v) is 12.0. The van der Waals surface area contributed by atoms with Crippen molar-refractivity contribution in [1.82, 2.24) is 14.5 Å². The zero-order chi connectivity index (χ0) is 22.4. The van der Waals surface area contributed by atoms with Crippen molar-refractivity contribution in [1.29, 1.82) is 0 Å². The lowest BCUT2D eigenvalue weighted by Gasteiger charge is -2.33. The largest absolute Gasteiger partial charge is 0.355 e. The number of nitrogens with one attached hydrogen (secondary N) is 1. The maximum atomic E-state index is 13.4. The van der Waals surface area contributed by atoms with Gasteiger partial charge in [-0.1, -0.05) is 44.2 Å². The summed E-state index contributed by atoms with van der Waals surface area (Å²) in [6.45, 7) is 6.58. The van der Waals surface area contributed by atoms with E-state index in [1.165, 1.54) is 33.6 Å². The highest BCUT2D eigenvalue weighted by atomic mass is 32.2. The van der Waals surface area contributed by atoms with E-state index in [9.17, 15) is 17.6 Å². The summed E-state index contributed by atoms with van der Waals surface area (Å²) in [7, 11) is -3.72. The minimum Gasteiger partial charge on any atom is -0.355 e. The SMILES string of the molecule is CC(C)c1ccc(CCNC(=O)CN2CCN(S(=O)(=O)c3cccc(F)c3)CC2)cc1. The average Bonchev–Trinajstić information content (AvgIpc) is 2.74. The van der Waals surface area contributed by atoms with Crippen LogP contribution in [0, 0.1) is 5.82 Å². The Hall–Kier alpha value is -2.29. The first-order valence-electron chi connectivity index (χ1n) is 10.6. The van der Waals surface area contributed by atoms with Gasteiger partial charge in [0, 0.05) is 32.7 Å². The van der Waals surface area contributed by atoms with E-state index in [4.69, 9.17) is 0 Å². The Kier molecular flexibility index (Phi) is 7.80. The number of carbonyl (C=O) groups excluding carboxylic acids is 1. The Balaban J connectivity index is 1.41. The fraction of sp³-hybridized carbons (Fsp3) is 0.435. The molecule has 168 valence electrons. The van der Waals surface area contributed by atoms with Crippen LogP contribution in [0.5, 0.6) is 0 Å². The zero-order valence-corrected chi connectivity index (χ0v) is 18.9. The molecule has 0 bridgehead atoms. The number of piperazine rings is 1. The van der Waals surface area contributed by atoms with Crippen LogP contribution in [0.3, 0.4) is 0 Å². The molecule has 0 aliphatic carbocycles. The lowest BCUT2D eigenvalue weighted by Crippen LogP contribution is -2.51. The monoisotopic (exact) mass is 447 g/mol. The molecular weight excluding hydrogens is 417 g/mol. The smallest absolute Gasteiger partial charge is 0.243 e. The number of nitrogens with zero attached hydrogens (tertiary/aromatic N) is 2. The third-order valence-electron chi connectivity index (χ3n) is 5.51. The van der Waals surface area contributed by atoms with Crippen molar-refractivity contribution in [2.45, 2.75) is 31.1 Å². The highest BCUT2D eigenvalue weighted by molar-refractivity contribution is 7.89. The predicted octanol–water partition coefficient (Wildman–Crippen LogP) is 2.61. The predicted molar refractivity (Wildman–Crippen MR) is 119 cm³/mol. The summed E-state index contributed by atoms with van der Waals surface area (Å²) in [5, 5.41) is 2.94. The van der Waals surface area contributed by atoms with Crippen LogP contribution in [0.15, 0.2) is 53.4 Å². The van der Waals surface area contributed by atoms with Gasteiger partial charge in [-0.05, 0) is 41.7 Å². The third-order valence-corrected chi connectivity index (χ3v) is 7.41. The molecule has 0 spiro atoms. The molecule has 6 nitrogen and oxygen atoms in total. The van der Waals surface area contributed by atoms with Crippen LogP contribution < -0.4 is 5.32 Å². The molecule has 0 unspecified atom stereocenters. The van der Waals surface area contributed by atoms with Gasteiger partial charge in [-0.2, -0.15) is 4.31 Å². The molecule has 3 rings (SSSR count). The van der Waals surface area contributed by atoms with Crippen LogP contribution in [-0.4, -0.2) is 62.8 Å². The van der Waals surface area contributed by atoms with Gasteiger partial charge in [0.2, 0.25) is 15.9 Å². The fourth-order valence-corrected chi connectivity index (χ4v) is 5.03. The van der Waals surface area contributed by atoms with Crippen molar-refractivity contribution < 1.29 is 17.6 Å². The van der Waals surface area contributed by atoms with Crippen LogP contribution in [0.1, 0.15) is 30.9 Å². The summed E-state index contributed by atoms with van der Waals surface area (Å²) in [6, 6.07) is 13.5. The van der Waals surface area contributed by atoms with Crippen LogP contribution in [-0.2, 0) is 21.2 Å². The maximum Gasteiger partial charge on any atom is 0.243 e. The minimum atomic E-state index is -3.72. The number of benzene rings is 2. The van der Waals surface area contributed by atoms with Gasteiger partial charge in [-0.25, -0.2) is 12.8 Å². The van der Waals surface area contributed by atoms with E-state index < -0.39 is 15.8 Å². The Labute approximate surface area is 184 Å². The molecule has 1 saturated heterocycles. The fourth-order valence-electron chi connectivity index (χ4n) is 3.58. The average molecular weight is 448 g/mol. The molecule has 2 aromatic carbocycles. The van der Waals surface area contributed by atoms with Gasteiger partial charge in [0.15, 0.2) is 0 Å². The molecular formula is C23H30FN3O3S. The number of amides is 1. The maximum absolute atomic E-state index is 13.4. The van der Waals surface area contributed by atoms with Gasteiger partial charge in [0.05, 0.1) is 11.4 Å². The first kappa shape index (κ1) is 23.4. The summed E-state index contributed by atoms with van der Waals surface area (Å²) in [5.74, 6) is -0.148. The van der Waals surface area contributed by atoms with Gasteiger partial charge in [0.25, 0.3) is 0 Å². The summed E-state index contributed by atoms with van der Waals surface area (Å²) in [4.78, 5) is 14.1. The second-order valence-electron chi connectivity index (χ2n) is 8.13. The van der Waals surface area contributed by atoms with Crippen molar-refractivity contribution in [3.05, 3.63) is 65.5 Å². The Morgan fingerprint density at radius 3 is 2.35 bits per heavy atom. The quantitative estimate of drug-likeness (QED) is 0.676. The Morgan fingerprint density at radius 2 is 1.74 bits per heavy atom. The number of carbonyl (C=O) groups is 1. The minimum absolute atomic E-state index is 0.0416. The van der Waals surface area contributed by atoms with E-state index in [0.29, 0.717) is 25.6 Å². The molecule has 1 fully saturated rings. The van der Waals surface area contributed by atoms with Crippen LogP contribution in [0.4, 0.5) is 4.39 Å². The van der Waals surface area contributed by atoms with Crippen molar-refractivity contribution >= 4 is 15.9 Å². The van der Waals surface area contributed by atoms with Crippen molar-refractivity contribution in [2.75, 3.05) is 39.3 Å². The Morgan fingerprint density at radius 1 is 1.06 bits per heavy atom. The lowest BCUT2D eigenvalue weighted by atomic mass is 10.0. The van der Waals surface area contributed by atoms with Crippen LogP contribution in [0.2, 0.25) is 0 Å². The third kappa shape index (κ3) is 6.35. The summed E-state index contributed by atoms with van der Waals surface area (Å²) >= 11 is 0. The van der Waals surface area contributed by atoms with E-state index in [1.807, 2.05) is 4.90 Å². The molecule has 0 aromatic heterocycles. The van der Waals surface area contributed by atoms with E-state index in [-0.39, 0.29) is 30.4 Å². The summed E-state index contributed by atoms with van der Waals surface area (Å²) < 4.78 is 40.1. The highest BCUT2D eigenvalue weighted by Gasteiger charge is 2.29. The van der Waals surface area contributed by atoms with Gasteiger partial charge in [-0.3, -0.25) is 9.69 Å². The van der Waals surface area contributed by atoms with Crippen molar-refractivity contribution in [2.24, 2.45) is 0 Å². The first-order chi connectivity index (χ1) is 14.8. The summed E-state index contributed by atoms with van der Waals surface area (Å²) in [6.07, 6.45) is 0.768. The van der Waals surface area contributed by atoms with Crippen molar-refractivity contribution in [3.63, 3.8) is 0 Å². The standard InChI is InChI=1S/C23H30FN3O3S/c1-18(2)20-8-6-19(7-9-20)10-11-25-23(28)17-26-12-14-27(15-13-26)31(29,30)22-5-3-4-21(24)16-22/h3-9,16,18H,10-15,17H2,1-2H3,(H,25,28). The second-order valence-corrected chi connectivity index (χ2v) is 10.1. The van der Waals surface area contributed by atoms with E-state index >= 15 is 0 Å². The molecule has 1 amide bonds. The van der Waals surface area contributed by atoms with E-state index in [0.717, 1.165) is 12.5 Å². The molecule has 1 aliphatic heterocycles. The van der Waals surface area contributed by atoms with Crippen molar-refractivity contribution in [3.8, 4) is 0 Å². The number of rotatable bonds is 8. The molecule has 1 aliphatic rings. The van der Waals surface area contributed by atoms with E-state index in [2.05, 4.69) is 43.4 Å². The number of halogens is 1. The molecule has 31 heavy (non-hydrogen) atoms. The Bertz CT molecular complexity index is 985. The molecule has 0 radical (unpaired) electrons. The molecule has 2 aromatic rings. The number of hydrogen-bond donors (Lipinski definition) is 1. The molecule has 0 saturated carbocycles. The van der Waals surface area contributed by atoms with Gasteiger partial charge >= 0.3 is 0 Å².